The largest absolute Gasteiger partial charge is 0.387 e. The van der Waals surface area contributed by atoms with Crippen LogP contribution in [0.5, 0.6) is 0 Å². The molecular weight excluding hydrogens is 334 g/mol. The Kier molecular flexibility index (Phi) is 6.46. The summed E-state index contributed by atoms with van der Waals surface area (Å²) >= 11 is 0. The first kappa shape index (κ1) is 19.1. The fourth-order valence-corrected chi connectivity index (χ4v) is 2.69. The Morgan fingerprint density at radius 2 is 1.85 bits per heavy atom. The van der Waals surface area contributed by atoms with Gasteiger partial charge in [-0.1, -0.05) is 30.3 Å². The molecule has 0 fully saturated rings. The lowest BCUT2D eigenvalue weighted by molar-refractivity contribution is -0.384. The van der Waals surface area contributed by atoms with Gasteiger partial charge in [-0.2, -0.15) is 0 Å². The van der Waals surface area contributed by atoms with Crippen molar-refractivity contribution in [3.8, 4) is 0 Å². The number of primary amides is 1. The fraction of sp³-hybridized carbons (Fsp3) is 0.211. The van der Waals surface area contributed by atoms with Crippen LogP contribution in [0.1, 0.15) is 11.3 Å². The third kappa shape index (κ3) is 4.90. The van der Waals surface area contributed by atoms with Crippen LogP contribution in [0, 0.1) is 17.0 Å². The van der Waals surface area contributed by atoms with Crippen LogP contribution < -0.4 is 5.73 Å². The number of nitrogens with two attached hydrogens (primary N) is 1. The van der Waals surface area contributed by atoms with Crippen LogP contribution in [0.25, 0.3) is 10.9 Å². The van der Waals surface area contributed by atoms with E-state index in [0.29, 0.717) is 0 Å². The smallest absolute Gasteiger partial charge is 0.270 e. The zero-order valence-electron chi connectivity index (χ0n) is 14.5. The van der Waals surface area contributed by atoms with Crippen LogP contribution >= 0.6 is 0 Å². The minimum atomic E-state index is -0.690. The lowest BCUT2D eigenvalue weighted by Gasteiger charge is -2.08. The molecule has 1 heterocycles. The van der Waals surface area contributed by atoms with E-state index in [9.17, 15) is 14.9 Å². The van der Waals surface area contributed by atoms with Crippen LogP contribution in [0.4, 0.5) is 5.69 Å². The summed E-state index contributed by atoms with van der Waals surface area (Å²) in [6.07, 6.45) is 0.947. The molecular formula is C19H21N3O4. The number of nitrogens with zero attached hydrogens (tertiary/aromatic N) is 2. The number of amides is 1. The molecule has 2 aromatic carbocycles. The van der Waals surface area contributed by atoms with E-state index in [1.165, 1.54) is 5.56 Å². The van der Waals surface area contributed by atoms with Crippen molar-refractivity contribution in [3.05, 3.63) is 76.0 Å². The van der Waals surface area contributed by atoms with Gasteiger partial charge in [0.15, 0.2) is 0 Å². The van der Waals surface area contributed by atoms with Gasteiger partial charge in [0.25, 0.3) is 5.69 Å². The highest BCUT2D eigenvalue weighted by atomic mass is 16.6. The fourth-order valence-electron chi connectivity index (χ4n) is 2.69. The number of non-ortho nitro benzene ring substituents is 1. The Morgan fingerprint density at radius 3 is 2.42 bits per heavy atom. The molecule has 0 saturated carbocycles. The molecule has 0 radical (unpaired) electrons. The average molecular weight is 355 g/mol. The van der Waals surface area contributed by atoms with Crippen molar-refractivity contribution in [3.63, 3.8) is 0 Å². The molecule has 3 rings (SSSR count). The number of rotatable bonds is 5. The summed E-state index contributed by atoms with van der Waals surface area (Å²) in [7, 11) is 0. The third-order valence-corrected chi connectivity index (χ3v) is 3.93. The molecule has 26 heavy (non-hydrogen) atoms. The number of carbonyl (C=O) groups is 1. The zero-order chi connectivity index (χ0) is 19.1. The maximum absolute atomic E-state index is 10.8. The summed E-state index contributed by atoms with van der Waals surface area (Å²) in [6.45, 7) is 2.36. The normalized spacial score (nSPS) is 10.2. The number of aliphatic hydroxyl groups excluding tert-OH is 1. The number of aliphatic hydroxyl groups is 1. The van der Waals surface area contributed by atoms with E-state index >= 15 is 0 Å². The second kappa shape index (κ2) is 8.77. The first-order valence-corrected chi connectivity index (χ1v) is 8.09. The zero-order valence-corrected chi connectivity index (χ0v) is 14.5. The number of hydrogen-bond donors (Lipinski definition) is 2. The van der Waals surface area contributed by atoms with Crippen molar-refractivity contribution in [1.82, 2.24) is 4.57 Å². The molecule has 1 aromatic heterocycles. The molecule has 3 N–H and O–H groups in total. The Labute approximate surface area is 150 Å². The molecule has 3 aromatic rings. The highest BCUT2D eigenvalue weighted by molar-refractivity contribution is 5.83. The van der Waals surface area contributed by atoms with E-state index in [1.54, 1.807) is 12.1 Å². The third-order valence-electron chi connectivity index (χ3n) is 3.93. The number of carbonyl (C=O) groups excluding carboxylic acids is 1. The Bertz CT molecular complexity index is 904. The average Bonchev–Trinajstić information content (AvgIpc) is 2.95. The van der Waals surface area contributed by atoms with Crippen molar-refractivity contribution in [2.75, 3.05) is 6.61 Å². The SMILES string of the molecule is Cc1cc2cc([N+](=O)[O-])ccc2n1CCc1ccccc1.NC(=O)CO. The number of aromatic nitrogens is 1. The van der Waals surface area contributed by atoms with Crippen LogP contribution in [0.2, 0.25) is 0 Å². The number of nitro groups is 1. The van der Waals surface area contributed by atoms with E-state index in [2.05, 4.69) is 22.4 Å². The number of nitro benzene ring substituents is 1. The topological polar surface area (TPSA) is 111 Å². The summed E-state index contributed by atoms with van der Waals surface area (Å²) in [5.41, 5.74) is 8.01. The Morgan fingerprint density at radius 1 is 1.19 bits per heavy atom. The van der Waals surface area contributed by atoms with E-state index in [0.717, 1.165) is 29.6 Å². The Balaban J connectivity index is 0.000000431. The summed E-state index contributed by atoms with van der Waals surface area (Å²) < 4.78 is 2.21. The molecule has 0 aliphatic carbocycles. The Hall–Kier alpha value is -3.19. The van der Waals surface area contributed by atoms with Gasteiger partial charge in [-0.05, 0) is 31.0 Å². The quantitative estimate of drug-likeness (QED) is 0.541. The first-order valence-electron chi connectivity index (χ1n) is 8.09. The first-order chi connectivity index (χ1) is 12.4. The van der Waals surface area contributed by atoms with Gasteiger partial charge in [-0.25, -0.2) is 0 Å². The van der Waals surface area contributed by atoms with Gasteiger partial charge in [0.1, 0.15) is 6.61 Å². The molecule has 0 unspecified atom stereocenters. The molecule has 7 heteroatoms. The molecule has 0 atom stereocenters. The van der Waals surface area contributed by atoms with Gasteiger partial charge in [-0.3, -0.25) is 14.9 Å². The van der Waals surface area contributed by atoms with Crippen molar-refractivity contribution < 1.29 is 14.8 Å². The molecule has 0 aliphatic rings. The standard InChI is InChI=1S/C17H16N2O2.C2H5NO2/c1-13-11-15-12-16(19(20)21)7-8-17(15)18(13)10-9-14-5-3-2-4-6-14;3-2(5)1-4/h2-8,11-12H,9-10H2,1H3;4H,1H2,(H2,3,5). The monoisotopic (exact) mass is 355 g/mol. The molecule has 0 saturated heterocycles. The van der Waals surface area contributed by atoms with Crippen molar-refractivity contribution in [2.45, 2.75) is 19.9 Å². The summed E-state index contributed by atoms with van der Waals surface area (Å²) in [5, 5.41) is 19.4. The van der Waals surface area contributed by atoms with Crippen LogP contribution in [-0.2, 0) is 17.8 Å². The molecule has 136 valence electrons. The maximum Gasteiger partial charge on any atom is 0.270 e. The predicted octanol–water partition coefficient (Wildman–Crippen LogP) is 2.56. The van der Waals surface area contributed by atoms with E-state index in [1.807, 2.05) is 37.3 Å². The van der Waals surface area contributed by atoms with E-state index < -0.39 is 12.5 Å². The van der Waals surface area contributed by atoms with Gasteiger partial charge >= 0.3 is 0 Å². The van der Waals surface area contributed by atoms with Gasteiger partial charge in [-0.15, -0.1) is 0 Å². The van der Waals surface area contributed by atoms with Crippen molar-refractivity contribution in [2.24, 2.45) is 5.73 Å². The summed E-state index contributed by atoms with van der Waals surface area (Å²) in [5.74, 6) is -0.690. The van der Waals surface area contributed by atoms with Crippen LogP contribution in [0.15, 0.2) is 54.6 Å². The highest BCUT2D eigenvalue weighted by Gasteiger charge is 2.11. The number of hydrogen-bond acceptors (Lipinski definition) is 4. The summed E-state index contributed by atoms with van der Waals surface area (Å²) in [4.78, 5) is 19.8. The lowest BCUT2D eigenvalue weighted by Crippen LogP contribution is -2.14. The molecule has 1 amide bonds. The second-order valence-electron chi connectivity index (χ2n) is 5.80. The van der Waals surface area contributed by atoms with Crippen LogP contribution in [0.3, 0.4) is 0 Å². The van der Waals surface area contributed by atoms with E-state index in [4.69, 9.17) is 5.11 Å². The maximum atomic E-state index is 10.8. The van der Waals surface area contributed by atoms with E-state index in [-0.39, 0.29) is 10.6 Å². The number of benzene rings is 2. The lowest BCUT2D eigenvalue weighted by atomic mass is 10.1. The highest BCUT2D eigenvalue weighted by Crippen LogP contribution is 2.24. The predicted molar refractivity (Wildman–Crippen MR) is 99.8 cm³/mol. The second-order valence-corrected chi connectivity index (χ2v) is 5.80. The van der Waals surface area contributed by atoms with Gasteiger partial charge in [0.2, 0.25) is 5.91 Å². The summed E-state index contributed by atoms with van der Waals surface area (Å²) in [6, 6.07) is 17.4. The van der Waals surface area contributed by atoms with Crippen molar-refractivity contribution >= 4 is 22.5 Å². The van der Waals surface area contributed by atoms with Crippen molar-refractivity contribution in [1.29, 1.82) is 0 Å². The number of aryl methyl sites for hydroxylation is 3. The van der Waals surface area contributed by atoms with Gasteiger partial charge in [0, 0.05) is 35.3 Å². The number of fused-ring (bicyclic) bond motifs is 1. The molecule has 0 bridgehead atoms. The minimum Gasteiger partial charge on any atom is -0.387 e. The van der Waals surface area contributed by atoms with Gasteiger partial charge < -0.3 is 15.4 Å². The van der Waals surface area contributed by atoms with Gasteiger partial charge in [0.05, 0.1) is 4.92 Å². The molecule has 7 nitrogen and oxygen atoms in total. The molecule has 0 spiro atoms. The van der Waals surface area contributed by atoms with Crippen LogP contribution in [-0.4, -0.2) is 27.1 Å². The molecule has 0 aliphatic heterocycles. The minimum absolute atomic E-state index is 0.141.